The lowest BCUT2D eigenvalue weighted by Crippen LogP contribution is -1.96. The van der Waals surface area contributed by atoms with Gasteiger partial charge in [0.2, 0.25) is 0 Å². The third-order valence-corrected chi connectivity index (χ3v) is 3.89. The standard InChI is InChI=1S/C17H18BrClN2O2/c1-3-8-23-16-6-4-12(9-14(16)18)11-20-21-13-5-7-17(22-2)15(19)10-13/h4-7,9-11,21H,3,8H2,1-2H3/b20-11+. The topological polar surface area (TPSA) is 42.8 Å². The number of halogens is 2. The number of methoxy groups -OCH3 is 1. The number of nitrogens with zero attached hydrogens (tertiary/aromatic N) is 1. The Hall–Kier alpha value is -1.72. The van der Waals surface area contributed by atoms with Crippen molar-refractivity contribution in [2.24, 2.45) is 5.10 Å². The number of anilines is 1. The van der Waals surface area contributed by atoms with Crippen LogP contribution in [0.2, 0.25) is 5.02 Å². The van der Waals surface area contributed by atoms with E-state index in [4.69, 9.17) is 21.1 Å². The summed E-state index contributed by atoms with van der Waals surface area (Å²) in [7, 11) is 1.58. The molecule has 0 bridgehead atoms. The minimum absolute atomic E-state index is 0.535. The lowest BCUT2D eigenvalue weighted by molar-refractivity contribution is 0.315. The van der Waals surface area contributed by atoms with E-state index in [-0.39, 0.29) is 0 Å². The molecule has 0 saturated heterocycles. The van der Waals surface area contributed by atoms with Gasteiger partial charge in [0.1, 0.15) is 11.5 Å². The fourth-order valence-electron chi connectivity index (χ4n) is 1.84. The van der Waals surface area contributed by atoms with Crippen LogP contribution in [-0.2, 0) is 0 Å². The Bertz CT molecular complexity index is 692. The van der Waals surface area contributed by atoms with Gasteiger partial charge in [-0.15, -0.1) is 0 Å². The van der Waals surface area contributed by atoms with E-state index in [1.54, 1.807) is 25.5 Å². The van der Waals surface area contributed by atoms with Crippen LogP contribution < -0.4 is 14.9 Å². The van der Waals surface area contributed by atoms with Crippen molar-refractivity contribution in [3.63, 3.8) is 0 Å². The van der Waals surface area contributed by atoms with Gasteiger partial charge in [0, 0.05) is 0 Å². The summed E-state index contributed by atoms with van der Waals surface area (Å²) in [6.07, 6.45) is 2.70. The first-order chi connectivity index (χ1) is 11.1. The number of ether oxygens (including phenoxy) is 2. The van der Waals surface area contributed by atoms with E-state index < -0.39 is 0 Å². The highest BCUT2D eigenvalue weighted by Gasteiger charge is 2.02. The fraction of sp³-hybridized carbons (Fsp3) is 0.235. The average Bonchev–Trinajstić information content (AvgIpc) is 2.54. The molecule has 2 aromatic carbocycles. The van der Waals surface area contributed by atoms with Crippen LogP contribution in [0.1, 0.15) is 18.9 Å². The van der Waals surface area contributed by atoms with Gasteiger partial charge in [0.05, 0.1) is 35.1 Å². The molecule has 0 aliphatic carbocycles. The molecule has 0 aliphatic rings. The van der Waals surface area contributed by atoms with Gasteiger partial charge in [-0.3, -0.25) is 5.43 Å². The van der Waals surface area contributed by atoms with Crippen LogP contribution in [0, 0.1) is 0 Å². The molecule has 1 N–H and O–H groups in total. The minimum Gasteiger partial charge on any atom is -0.495 e. The molecule has 0 atom stereocenters. The van der Waals surface area contributed by atoms with Gasteiger partial charge in [-0.2, -0.15) is 5.10 Å². The Morgan fingerprint density at radius 2 is 2.00 bits per heavy atom. The maximum absolute atomic E-state index is 6.07. The maximum atomic E-state index is 6.07. The summed E-state index contributed by atoms with van der Waals surface area (Å²) in [4.78, 5) is 0. The fourth-order valence-corrected chi connectivity index (χ4v) is 2.61. The molecule has 0 unspecified atom stereocenters. The minimum atomic E-state index is 0.535. The zero-order valence-corrected chi connectivity index (χ0v) is 15.3. The smallest absolute Gasteiger partial charge is 0.137 e. The summed E-state index contributed by atoms with van der Waals surface area (Å²) < 4.78 is 11.6. The van der Waals surface area contributed by atoms with Gasteiger partial charge >= 0.3 is 0 Å². The van der Waals surface area contributed by atoms with Crippen molar-refractivity contribution < 1.29 is 9.47 Å². The van der Waals surface area contributed by atoms with Gasteiger partial charge < -0.3 is 9.47 Å². The summed E-state index contributed by atoms with van der Waals surface area (Å²) >= 11 is 9.57. The van der Waals surface area contributed by atoms with Crippen LogP contribution in [0.4, 0.5) is 5.69 Å². The summed E-state index contributed by atoms with van der Waals surface area (Å²) in [5.41, 5.74) is 4.67. The SMILES string of the molecule is CCCOc1ccc(/C=N/Nc2ccc(OC)c(Cl)c2)cc1Br. The largest absolute Gasteiger partial charge is 0.495 e. The van der Waals surface area contributed by atoms with Crippen molar-refractivity contribution in [2.75, 3.05) is 19.1 Å². The Kier molecular flexibility index (Phi) is 6.74. The molecule has 0 aliphatic heterocycles. The molecule has 4 nitrogen and oxygen atoms in total. The number of hydrogen-bond acceptors (Lipinski definition) is 4. The van der Waals surface area contributed by atoms with Crippen molar-refractivity contribution >= 4 is 39.4 Å². The Morgan fingerprint density at radius 3 is 2.65 bits per heavy atom. The van der Waals surface area contributed by atoms with E-state index >= 15 is 0 Å². The number of nitrogens with one attached hydrogen (secondary N) is 1. The zero-order valence-electron chi connectivity index (χ0n) is 13.0. The van der Waals surface area contributed by atoms with Crippen molar-refractivity contribution in [2.45, 2.75) is 13.3 Å². The molecule has 23 heavy (non-hydrogen) atoms. The molecule has 0 aromatic heterocycles. The molecule has 0 fully saturated rings. The lowest BCUT2D eigenvalue weighted by Gasteiger charge is -2.07. The predicted octanol–water partition coefficient (Wildman–Crippen LogP) is 5.35. The summed E-state index contributed by atoms with van der Waals surface area (Å²) in [6.45, 7) is 2.78. The molecule has 2 aromatic rings. The molecule has 0 amide bonds. The first-order valence-corrected chi connectivity index (χ1v) is 8.36. The van der Waals surface area contributed by atoms with Crippen LogP contribution in [-0.4, -0.2) is 19.9 Å². The number of hydrazone groups is 1. The Morgan fingerprint density at radius 1 is 1.22 bits per heavy atom. The van der Waals surface area contributed by atoms with E-state index in [0.717, 1.165) is 27.9 Å². The van der Waals surface area contributed by atoms with Gasteiger partial charge in [-0.05, 0) is 64.3 Å². The van der Waals surface area contributed by atoms with Gasteiger partial charge in [-0.25, -0.2) is 0 Å². The normalized spacial score (nSPS) is 10.8. The molecule has 0 radical (unpaired) electrons. The number of hydrogen-bond donors (Lipinski definition) is 1. The van der Waals surface area contributed by atoms with Crippen LogP contribution in [0.25, 0.3) is 0 Å². The molecule has 6 heteroatoms. The zero-order chi connectivity index (χ0) is 16.7. The van der Waals surface area contributed by atoms with Crippen LogP contribution in [0.5, 0.6) is 11.5 Å². The van der Waals surface area contributed by atoms with E-state index in [9.17, 15) is 0 Å². The summed E-state index contributed by atoms with van der Waals surface area (Å²) in [5, 5.41) is 4.74. The molecule has 0 saturated carbocycles. The van der Waals surface area contributed by atoms with Gasteiger partial charge in [0.15, 0.2) is 0 Å². The van der Waals surface area contributed by atoms with E-state index in [0.29, 0.717) is 17.4 Å². The third-order valence-electron chi connectivity index (χ3n) is 2.98. The molecular formula is C17H18BrClN2O2. The van der Waals surface area contributed by atoms with Crippen molar-refractivity contribution in [3.8, 4) is 11.5 Å². The van der Waals surface area contributed by atoms with E-state index in [1.165, 1.54) is 0 Å². The van der Waals surface area contributed by atoms with Crippen molar-refractivity contribution in [1.29, 1.82) is 0 Å². The Labute approximate surface area is 149 Å². The first-order valence-electron chi connectivity index (χ1n) is 7.19. The molecular weight excluding hydrogens is 380 g/mol. The van der Waals surface area contributed by atoms with Crippen LogP contribution in [0.15, 0.2) is 46.0 Å². The highest BCUT2D eigenvalue weighted by Crippen LogP contribution is 2.27. The van der Waals surface area contributed by atoms with Gasteiger partial charge in [-0.1, -0.05) is 18.5 Å². The quantitative estimate of drug-likeness (QED) is 0.506. The monoisotopic (exact) mass is 396 g/mol. The van der Waals surface area contributed by atoms with Crippen LogP contribution >= 0.6 is 27.5 Å². The molecule has 122 valence electrons. The molecule has 0 heterocycles. The van der Waals surface area contributed by atoms with Gasteiger partial charge in [0.25, 0.3) is 0 Å². The average molecular weight is 398 g/mol. The first kappa shape index (κ1) is 17.6. The van der Waals surface area contributed by atoms with E-state index in [1.807, 2.05) is 24.3 Å². The second-order valence-corrected chi connectivity index (χ2v) is 6.02. The highest BCUT2D eigenvalue weighted by atomic mass is 79.9. The maximum Gasteiger partial charge on any atom is 0.137 e. The number of benzene rings is 2. The van der Waals surface area contributed by atoms with Crippen molar-refractivity contribution in [3.05, 3.63) is 51.5 Å². The van der Waals surface area contributed by atoms with E-state index in [2.05, 4.69) is 33.4 Å². The third kappa shape index (κ3) is 5.15. The Balaban J connectivity index is 2.00. The van der Waals surface area contributed by atoms with Crippen molar-refractivity contribution in [1.82, 2.24) is 0 Å². The summed E-state index contributed by atoms with van der Waals surface area (Å²) in [6, 6.07) is 11.2. The second-order valence-electron chi connectivity index (χ2n) is 4.76. The molecule has 2 rings (SSSR count). The highest BCUT2D eigenvalue weighted by molar-refractivity contribution is 9.10. The molecule has 0 spiro atoms. The number of rotatable bonds is 7. The predicted molar refractivity (Wildman–Crippen MR) is 99.1 cm³/mol. The lowest BCUT2D eigenvalue weighted by atomic mass is 10.2. The van der Waals surface area contributed by atoms with Crippen LogP contribution in [0.3, 0.4) is 0 Å². The summed E-state index contributed by atoms with van der Waals surface area (Å²) in [5.74, 6) is 1.46. The second kappa shape index (κ2) is 8.79.